The minimum Gasteiger partial charge on any atom is -0.472 e. The zero-order valence-electron chi connectivity index (χ0n) is 11.4. The molecule has 2 heterocycles. The third-order valence-corrected chi connectivity index (χ3v) is 3.80. The molecule has 0 radical (unpaired) electrons. The van der Waals surface area contributed by atoms with E-state index >= 15 is 0 Å². The van der Waals surface area contributed by atoms with E-state index < -0.39 is 16.8 Å². The van der Waals surface area contributed by atoms with Crippen LogP contribution in [0.15, 0.2) is 18.2 Å². The standard InChI is InChI=1S/C13H15NO6/c1-13(12(17-2)18-3)11-10(19-11)7-5-4-6-8(14(15)16)9(7)20-13/h4-6,10-12H,1-3H3/t10-,11-,13-/m0/s1. The van der Waals surface area contributed by atoms with Crippen LogP contribution in [0.1, 0.15) is 18.6 Å². The summed E-state index contributed by atoms with van der Waals surface area (Å²) in [7, 11) is 2.99. The second-order valence-electron chi connectivity index (χ2n) is 5.02. The van der Waals surface area contributed by atoms with E-state index in [0.29, 0.717) is 5.56 Å². The Morgan fingerprint density at radius 2 is 2.10 bits per heavy atom. The van der Waals surface area contributed by atoms with Crippen LogP contribution in [0.25, 0.3) is 0 Å². The summed E-state index contributed by atoms with van der Waals surface area (Å²) in [6.45, 7) is 1.77. The van der Waals surface area contributed by atoms with Gasteiger partial charge in [-0.3, -0.25) is 10.1 Å². The predicted octanol–water partition coefficient (Wildman–Crippen LogP) is 1.80. The minimum absolute atomic E-state index is 0.0753. The van der Waals surface area contributed by atoms with E-state index in [9.17, 15) is 10.1 Å². The van der Waals surface area contributed by atoms with E-state index in [4.69, 9.17) is 18.9 Å². The number of epoxide rings is 1. The quantitative estimate of drug-likeness (QED) is 0.362. The summed E-state index contributed by atoms with van der Waals surface area (Å²) in [5.41, 5.74) is -0.297. The van der Waals surface area contributed by atoms with Crippen LogP contribution in [-0.4, -0.2) is 37.1 Å². The molecule has 0 saturated carbocycles. The van der Waals surface area contributed by atoms with Gasteiger partial charge in [0.25, 0.3) is 0 Å². The highest BCUT2D eigenvalue weighted by Crippen LogP contribution is 2.57. The Kier molecular flexibility index (Phi) is 2.93. The van der Waals surface area contributed by atoms with Crippen LogP contribution in [0.4, 0.5) is 5.69 Å². The molecule has 0 aliphatic carbocycles. The number of methoxy groups -OCH3 is 2. The summed E-state index contributed by atoms with van der Waals surface area (Å²) in [4.78, 5) is 10.7. The fourth-order valence-electron chi connectivity index (χ4n) is 2.83. The van der Waals surface area contributed by atoms with Crippen molar-refractivity contribution in [2.75, 3.05) is 14.2 Å². The minimum atomic E-state index is -0.923. The maximum Gasteiger partial charge on any atom is 0.311 e. The first-order valence-electron chi connectivity index (χ1n) is 6.20. The molecular weight excluding hydrogens is 266 g/mol. The highest BCUT2D eigenvalue weighted by Gasteiger charge is 2.64. The van der Waals surface area contributed by atoms with E-state index in [1.165, 1.54) is 20.3 Å². The lowest BCUT2D eigenvalue weighted by atomic mass is 9.91. The van der Waals surface area contributed by atoms with E-state index in [1.54, 1.807) is 19.1 Å². The maximum atomic E-state index is 11.1. The number of hydrogen-bond acceptors (Lipinski definition) is 6. The molecule has 3 rings (SSSR count). The molecule has 7 heteroatoms. The Balaban J connectivity index is 2.06. The van der Waals surface area contributed by atoms with Crippen molar-refractivity contribution in [1.29, 1.82) is 0 Å². The Morgan fingerprint density at radius 3 is 2.70 bits per heavy atom. The summed E-state index contributed by atoms with van der Waals surface area (Å²) >= 11 is 0. The van der Waals surface area contributed by atoms with Crippen molar-refractivity contribution in [3.63, 3.8) is 0 Å². The van der Waals surface area contributed by atoms with Crippen LogP contribution >= 0.6 is 0 Å². The molecule has 0 bridgehead atoms. The molecule has 1 fully saturated rings. The fraction of sp³-hybridized carbons (Fsp3) is 0.538. The zero-order chi connectivity index (χ0) is 14.5. The average Bonchev–Trinajstić information content (AvgIpc) is 3.20. The lowest BCUT2D eigenvalue weighted by molar-refractivity contribution is -0.386. The largest absolute Gasteiger partial charge is 0.472 e. The van der Waals surface area contributed by atoms with E-state index in [2.05, 4.69) is 0 Å². The molecule has 1 aromatic rings. The van der Waals surface area contributed by atoms with Gasteiger partial charge in [0.05, 0.1) is 4.92 Å². The number of hydrogen-bond donors (Lipinski definition) is 0. The molecule has 0 N–H and O–H groups in total. The second kappa shape index (κ2) is 4.41. The topological polar surface area (TPSA) is 83.4 Å². The van der Waals surface area contributed by atoms with Crippen molar-refractivity contribution >= 4 is 5.69 Å². The monoisotopic (exact) mass is 281 g/mol. The number of nitrogens with zero attached hydrogens (tertiary/aromatic N) is 1. The highest BCUT2D eigenvalue weighted by molar-refractivity contribution is 5.56. The predicted molar refractivity (Wildman–Crippen MR) is 67.5 cm³/mol. The Morgan fingerprint density at radius 1 is 1.40 bits per heavy atom. The molecule has 0 unspecified atom stereocenters. The first kappa shape index (κ1) is 13.3. The third kappa shape index (κ3) is 1.71. The second-order valence-corrected chi connectivity index (χ2v) is 5.02. The van der Waals surface area contributed by atoms with Crippen molar-refractivity contribution in [1.82, 2.24) is 0 Å². The van der Waals surface area contributed by atoms with Gasteiger partial charge < -0.3 is 18.9 Å². The number of fused-ring (bicyclic) bond motifs is 3. The van der Waals surface area contributed by atoms with Crippen LogP contribution in [0.5, 0.6) is 5.75 Å². The Labute approximate surface area is 115 Å². The highest BCUT2D eigenvalue weighted by atomic mass is 16.7. The SMILES string of the molecule is COC(OC)[C@@]1(C)Oc2c(cccc2[N+](=O)[O-])[C@@H]2O[C@@H]21. The summed E-state index contributed by atoms with van der Waals surface area (Å²) in [5.74, 6) is 0.234. The van der Waals surface area contributed by atoms with Crippen molar-refractivity contribution in [2.24, 2.45) is 0 Å². The molecule has 108 valence electrons. The first-order valence-corrected chi connectivity index (χ1v) is 6.20. The molecule has 1 saturated heterocycles. The summed E-state index contributed by atoms with van der Waals surface area (Å²) < 4.78 is 22.0. The normalized spacial score (nSPS) is 30.4. The number of benzene rings is 1. The van der Waals surface area contributed by atoms with Crippen LogP contribution in [-0.2, 0) is 14.2 Å². The summed E-state index contributed by atoms with van der Waals surface area (Å²) in [6, 6.07) is 4.82. The molecule has 0 spiro atoms. The van der Waals surface area contributed by atoms with Crippen molar-refractivity contribution in [3.8, 4) is 5.75 Å². The van der Waals surface area contributed by atoms with Gasteiger partial charge in [0.15, 0.2) is 11.9 Å². The smallest absolute Gasteiger partial charge is 0.311 e. The van der Waals surface area contributed by atoms with Gasteiger partial charge in [0, 0.05) is 25.8 Å². The summed E-state index contributed by atoms with van der Waals surface area (Å²) in [6.07, 6.45) is -1.12. The van der Waals surface area contributed by atoms with Crippen molar-refractivity contribution in [3.05, 3.63) is 33.9 Å². The van der Waals surface area contributed by atoms with Gasteiger partial charge in [-0.25, -0.2) is 0 Å². The van der Waals surface area contributed by atoms with Crippen LogP contribution in [0, 0.1) is 10.1 Å². The molecule has 3 atom stereocenters. The van der Waals surface area contributed by atoms with Gasteiger partial charge >= 0.3 is 5.69 Å². The van der Waals surface area contributed by atoms with Crippen LogP contribution in [0.2, 0.25) is 0 Å². The van der Waals surface area contributed by atoms with Crippen molar-refractivity contribution in [2.45, 2.75) is 31.0 Å². The lowest BCUT2D eigenvalue weighted by Crippen LogP contribution is -2.53. The number of nitro groups is 1. The molecule has 0 amide bonds. The molecule has 1 aromatic carbocycles. The van der Waals surface area contributed by atoms with Gasteiger partial charge in [-0.2, -0.15) is 0 Å². The number of ether oxygens (including phenoxy) is 4. The lowest BCUT2D eigenvalue weighted by Gasteiger charge is -2.37. The maximum absolute atomic E-state index is 11.1. The molecule has 20 heavy (non-hydrogen) atoms. The Hall–Kier alpha value is -1.70. The van der Waals surface area contributed by atoms with Gasteiger partial charge in [-0.05, 0) is 6.92 Å². The molecular formula is C13H15NO6. The first-order chi connectivity index (χ1) is 9.52. The Bertz CT molecular complexity index is 558. The van der Waals surface area contributed by atoms with Crippen molar-refractivity contribution < 1.29 is 23.9 Å². The third-order valence-electron chi connectivity index (χ3n) is 3.80. The number of para-hydroxylation sites is 1. The fourth-order valence-corrected chi connectivity index (χ4v) is 2.83. The van der Waals surface area contributed by atoms with Gasteiger partial charge in [0.2, 0.25) is 5.75 Å². The summed E-state index contributed by atoms with van der Waals surface area (Å²) in [5, 5.41) is 11.1. The van der Waals surface area contributed by atoms with Crippen LogP contribution in [0.3, 0.4) is 0 Å². The van der Waals surface area contributed by atoms with E-state index in [0.717, 1.165) is 0 Å². The van der Waals surface area contributed by atoms with Gasteiger partial charge in [-0.15, -0.1) is 0 Å². The number of nitro benzene ring substituents is 1. The van der Waals surface area contributed by atoms with Crippen LogP contribution < -0.4 is 4.74 Å². The van der Waals surface area contributed by atoms with Gasteiger partial charge in [0.1, 0.15) is 12.2 Å². The van der Waals surface area contributed by atoms with E-state index in [-0.39, 0.29) is 23.6 Å². The zero-order valence-corrected chi connectivity index (χ0v) is 11.4. The number of rotatable bonds is 4. The molecule has 7 nitrogen and oxygen atoms in total. The van der Waals surface area contributed by atoms with Gasteiger partial charge in [-0.1, -0.05) is 12.1 Å². The molecule has 2 aliphatic heterocycles. The average molecular weight is 281 g/mol. The molecule has 2 aliphatic rings. The molecule has 0 aromatic heterocycles. The van der Waals surface area contributed by atoms with E-state index in [1.807, 2.05) is 0 Å².